The Morgan fingerprint density at radius 1 is 1.48 bits per heavy atom. The van der Waals surface area contributed by atoms with Crippen LogP contribution < -0.4 is 4.74 Å². The van der Waals surface area contributed by atoms with Crippen LogP contribution in [-0.2, 0) is 37.5 Å². The first-order valence-electron chi connectivity index (χ1n) is 7.10. The van der Waals surface area contributed by atoms with Crippen LogP contribution in [-0.4, -0.2) is 35.8 Å². The van der Waals surface area contributed by atoms with Gasteiger partial charge in [0.2, 0.25) is 5.91 Å². The average molecular weight is 446 g/mol. The molecule has 1 unspecified atom stereocenters. The van der Waals surface area contributed by atoms with Gasteiger partial charge >= 0.3 is 0 Å². The van der Waals surface area contributed by atoms with Gasteiger partial charge in [0.15, 0.2) is 0 Å². The van der Waals surface area contributed by atoms with E-state index in [4.69, 9.17) is 16.3 Å². The molecule has 25 heavy (non-hydrogen) atoms. The average Bonchev–Trinajstić information content (AvgIpc) is 2.53. The molecule has 1 radical (unpaired) electrons. The minimum absolute atomic E-state index is 0. The van der Waals surface area contributed by atoms with Crippen LogP contribution in [0.3, 0.4) is 0 Å². The van der Waals surface area contributed by atoms with Crippen molar-refractivity contribution in [3.63, 3.8) is 0 Å². The summed E-state index contributed by atoms with van der Waals surface area (Å²) in [4.78, 5) is 12.8. The monoisotopic (exact) mass is 445 g/mol. The summed E-state index contributed by atoms with van der Waals surface area (Å²) in [6.07, 6.45) is -0.00825. The van der Waals surface area contributed by atoms with E-state index in [0.717, 1.165) is 11.0 Å². The van der Waals surface area contributed by atoms with Gasteiger partial charge in [-0.05, 0) is 19.1 Å². The van der Waals surface area contributed by atoms with Gasteiger partial charge in [-0.15, -0.1) is 34.8 Å². The third-order valence-corrected chi connectivity index (χ3v) is 3.60. The van der Waals surface area contributed by atoms with Crippen LogP contribution in [0.1, 0.15) is 18.9 Å². The number of alkyl halides is 3. The van der Waals surface area contributed by atoms with Crippen LogP contribution in [0, 0.1) is 23.7 Å². The van der Waals surface area contributed by atoms with Crippen LogP contribution >= 0.6 is 11.6 Å². The van der Waals surface area contributed by atoms with E-state index in [1.165, 1.54) is 12.1 Å². The fourth-order valence-corrected chi connectivity index (χ4v) is 2.37. The zero-order valence-electron chi connectivity index (χ0n) is 13.4. The Morgan fingerprint density at radius 2 is 2.20 bits per heavy atom. The number of carbonyl (C=O) groups is 1. The van der Waals surface area contributed by atoms with Crippen molar-refractivity contribution in [2.24, 2.45) is 0 Å². The van der Waals surface area contributed by atoms with Crippen LogP contribution in [0.25, 0.3) is 5.70 Å². The quantitative estimate of drug-likeness (QED) is 0.395. The van der Waals surface area contributed by atoms with Gasteiger partial charge in [0.25, 0.3) is 6.43 Å². The standard InChI is InChI=1S/C17H14ClF3NO2.Y/c1-2-3-8-24-11-4-5-12(14(19)9-11)15-7-6-13(18)17(23)22(15)10-16(20)21;/h4-5,9,13,16H,6,8,10H2,1H3;/q-1;. The molecule has 1 aliphatic rings. The van der Waals surface area contributed by atoms with E-state index in [2.05, 4.69) is 17.9 Å². The summed E-state index contributed by atoms with van der Waals surface area (Å²) in [5.74, 6) is 4.16. The zero-order valence-corrected chi connectivity index (χ0v) is 17.0. The summed E-state index contributed by atoms with van der Waals surface area (Å²) in [7, 11) is 0. The number of hydrogen-bond acceptors (Lipinski definition) is 2. The second kappa shape index (κ2) is 10.2. The third kappa shape index (κ3) is 5.74. The SMILES string of the molecule is CC#CCOc1ccc(C2=[C-]CC(Cl)C(=O)N2CC(F)F)c(F)c1.[Y]. The van der Waals surface area contributed by atoms with Gasteiger partial charge in [-0.3, -0.25) is 4.79 Å². The first kappa shape index (κ1) is 22.0. The summed E-state index contributed by atoms with van der Waals surface area (Å²) in [6, 6.07) is 3.94. The molecule has 0 N–H and O–H groups in total. The molecule has 8 heteroatoms. The van der Waals surface area contributed by atoms with Crippen LogP contribution in [0.5, 0.6) is 5.75 Å². The summed E-state index contributed by atoms with van der Waals surface area (Å²) >= 11 is 5.80. The summed E-state index contributed by atoms with van der Waals surface area (Å²) in [5, 5.41) is -0.981. The molecule has 3 nitrogen and oxygen atoms in total. The molecule has 131 valence electrons. The number of benzene rings is 1. The molecule has 1 aromatic rings. The van der Waals surface area contributed by atoms with Crippen LogP contribution in [0.15, 0.2) is 18.2 Å². The first-order chi connectivity index (χ1) is 11.4. The van der Waals surface area contributed by atoms with Gasteiger partial charge in [-0.2, -0.15) is 0 Å². The van der Waals surface area contributed by atoms with Crippen molar-refractivity contribution in [3.05, 3.63) is 35.7 Å². The van der Waals surface area contributed by atoms with Crippen LogP contribution in [0.4, 0.5) is 13.2 Å². The van der Waals surface area contributed by atoms with Gasteiger partial charge in [0.1, 0.15) is 17.7 Å². The van der Waals surface area contributed by atoms with E-state index in [9.17, 15) is 18.0 Å². The predicted molar refractivity (Wildman–Crippen MR) is 84.0 cm³/mol. The van der Waals surface area contributed by atoms with Crippen molar-refractivity contribution in [2.45, 2.75) is 25.1 Å². The van der Waals surface area contributed by atoms with Gasteiger partial charge in [-0.1, -0.05) is 12.3 Å². The predicted octanol–water partition coefficient (Wildman–Crippen LogP) is 3.47. The number of ether oxygens (including phenoxy) is 1. The second-order valence-corrected chi connectivity index (χ2v) is 5.42. The molecular weight excluding hydrogens is 432 g/mol. The van der Waals surface area contributed by atoms with Crippen molar-refractivity contribution >= 4 is 23.2 Å². The van der Waals surface area contributed by atoms with Crippen molar-refractivity contribution in [3.8, 4) is 17.6 Å². The zero-order chi connectivity index (χ0) is 17.7. The summed E-state index contributed by atoms with van der Waals surface area (Å²) < 4.78 is 45.1. The molecule has 1 amide bonds. The maximum atomic E-state index is 14.3. The fraction of sp³-hybridized carbons (Fsp3) is 0.353. The van der Waals surface area contributed by atoms with Crippen LogP contribution in [0.2, 0.25) is 0 Å². The Morgan fingerprint density at radius 3 is 2.80 bits per heavy atom. The molecule has 0 saturated heterocycles. The smallest absolute Gasteiger partial charge is 0.256 e. The topological polar surface area (TPSA) is 29.5 Å². The van der Waals surface area contributed by atoms with E-state index in [-0.39, 0.29) is 62.7 Å². The van der Waals surface area contributed by atoms with Gasteiger partial charge in [0.05, 0.1) is 12.4 Å². The van der Waals surface area contributed by atoms with Crippen molar-refractivity contribution in [1.82, 2.24) is 4.90 Å². The molecular formula is C17H14ClF3NO2Y-. The van der Waals surface area contributed by atoms with Crippen molar-refractivity contribution < 1.29 is 55.4 Å². The molecule has 1 heterocycles. The van der Waals surface area contributed by atoms with Gasteiger partial charge in [0, 0.05) is 32.7 Å². The largest absolute Gasteiger partial charge is 0.481 e. The summed E-state index contributed by atoms with van der Waals surface area (Å²) in [6.45, 7) is 0.888. The number of carbonyl (C=O) groups excluding carboxylic acids is 1. The van der Waals surface area contributed by atoms with E-state index >= 15 is 0 Å². The van der Waals surface area contributed by atoms with Gasteiger partial charge in [-0.25, -0.2) is 19.2 Å². The minimum Gasteiger partial charge on any atom is -0.481 e. The van der Waals surface area contributed by atoms with E-state index in [1.54, 1.807) is 6.92 Å². The molecule has 1 atom stereocenters. The normalized spacial score (nSPS) is 16.7. The molecule has 0 aromatic heterocycles. The number of nitrogens with zero attached hydrogens (tertiary/aromatic N) is 1. The Kier molecular flexibility index (Phi) is 8.98. The number of allylic oxidation sites excluding steroid dienone is 1. The van der Waals surface area contributed by atoms with E-state index in [0.29, 0.717) is 0 Å². The Balaban J connectivity index is 0.00000312. The number of halogens is 4. The number of amides is 1. The van der Waals surface area contributed by atoms with Crippen molar-refractivity contribution in [1.29, 1.82) is 0 Å². The summed E-state index contributed by atoms with van der Waals surface area (Å²) in [5.41, 5.74) is -0.0453. The molecule has 0 aliphatic carbocycles. The first-order valence-corrected chi connectivity index (χ1v) is 7.54. The third-order valence-electron chi connectivity index (χ3n) is 3.26. The number of hydrogen-bond donors (Lipinski definition) is 0. The van der Waals surface area contributed by atoms with E-state index in [1.807, 2.05) is 0 Å². The number of rotatable bonds is 5. The maximum Gasteiger partial charge on any atom is 0.256 e. The molecule has 2 rings (SSSR count). The fourth-order valence-electron chi connectivity index (χ4n) is 2.18. The van der Waals surface area contributed by atoms with Gasteiger partial charge < -0.3 is 9.64 Å². The Hall–Kier alpha value is -1.03. The minimum atomic E-state index is -2.77. The van der Waals surface area contributed by atoms with E-state index < -0.39 is 30.1 Å². The molecule has 0 fully saturated rings. The molecule has 1 aromatic carbocycles. The Bertz CT molecular complexity index is 716. The maximum absolute atomic E-state index is 14.3. The molecule has 0 spiro atoms. The molecule has 0 bridgehead atoms. The molecule has 1 aliphatic heterocycles. The van der Waals surface area contributed by atoms with Crippen molar-refractivity contribution in [2.75, 3.05) is 13.2 Å². The Labute approximate surface area is 174 Å². The second-order valence-electron chi connectivity index (χ2n) is 4.89. The molecule has 0 saturated carbocycles.